The molecular weight excluding hydrogens is 280 g/mol. The molecule has 4 rings (SSSR count). The van der Waals surface area contributed by atoms with Gasteiger partial charge >= 0.3 is 0 Å². The van der Waals surface area contributed by atoms with Crippen LogP contribution in [0.4, 0.5) is 5.95 Å². The summed E-state index contributed by atoms with van der Waals surface area (Å²) in [5, 5.41) is 16.6. The molecule has 1 aliphatic rings. The number of aromatic amines is 1. The fraction of sp³-hybridized carbons (Fsp3) is 0.125. The van der Waals surface area contributed by atoms with Gasteiger partial charge in [-0.25, -0.2) is 4.98 Å². The number of nitrogens with zero attached hydrogens (tertiary/aromatic N) is 1. The molecule has 0 aliphatic carbocycles. The smallest absolute Gasteiger partial charge is 0.254 e. The number of benzene rings is 2. The number of carbonyl (C=O) groups excluding carboxylic acids is 1. The average Bonchev–Trinajstić information content (AvgIpc) is 3.07. The minimum absolute atomic E-state index is 0.281. The summed E-state index contributed by atoms with van der Waals surface area (Å²) < 4.78 is 0. The highest BCUT2D eigenvalue weighted by Gasteiger charge is 2.42. The lowest BCUT2D eigenvalue weighted by Gasteiger charge is -2.24. The monoisotopic (exact) mass is 294 g/mol. The third-order valence-electron chi connectivity index (χ3n) is 3.99. The first-order chi connectivity index (χ1) is 10.6. The molecule has 1 unspecified atom stereocenters. The largest absolute Gasteiger partial charge is 0.363 e. The van der Waals surface area contributed by atoms with E-state index in [2.05, 4.69) is 20.6 Å². The number of anilines is 1. The van der Waals surface area contributed by atoms with Gasteiger partial charge < -0.3 is 20.7 Å². The maximum Gasteiger partial charge on any atom is 0.254 e. The zero-order chi connectivity index (χ0) is 15.3. The van der Waals surface area contributed by atoms with Crippen LogP contribution in [-0.4, -0.2) is 28.0 Å². The quantitative estimate of drug-likeness (QED) is 0.577. The number of imidazole rings is 1. The van der Waals surface area contributed by atoms with Crippen molar-refractivity contribution in [2.45, 2.75) is 5.72 Å². The predicted molar refractivity (Wildman–Crippen MR) is 82.5 cm³/mol. The summed E-state index contributed by atoms with van der Waals surface area (Å²) in [4.78, 5) is 19.6. The molecule has 1 aromatic heterocycles. The van der Waals surface area contributed by atoms with E-state index in [0.29, 0.717) is 28.2 Å². The molecule has 1 aliphatic heterocycles. The molecule has 3 aromatic rings. The molecule has 4 N–H and O–H groups in total. The summed E-state index contributed by atoms with van der Waals surface area (Å²) in [6.45, 7) is 0. The molecule has 2 aromatic carbocycles. The van der Waals surface area contributed by atoms with Crippen molar-refractivity contribution in [2.24, 2.45) is 0 Å². The maximum atomic E-state index is 12.1. The number of amides is 1. The van der Waals surface area contributed by atoms with Crippen LogP contribution in [0.3, 0.4) is 0 Å². The number of fused-ring (bicyclic) bond motifs is 2. The Morgan fingerprint density at radius 2 is 2.05 bits per heavy atom. The Bertz CT molecular complexity index is 902. The molecule has 1 atom stereocenters. The van der Waals surface area contributed by atoms with Gasteiger partial charge in [-0.2, -0.15) is 0 Å². The van der Waals surface area contributed by atoms with Crippen molar-refractivity contribution < 1.29 is 9.90 Å². The van der Waals surface area contributed by atoms with Crippen molar-refractivity contribution in [1.82, 2.24) is 15.3 Å². The van der Waals surface area contributed by atoms with Crippen molar-refractivity contribution in [3.8, 4) is 0 Å². The molecular formula is C16H14N4O2. The molecule has 6 heteroatoms. The Morgan fingerprint density at radius 3 is 2.86 bits per heavy atom. The topological polar surface area (TPSA) is 90.0 Å². The summed E-state index contributed by atoms with van der Waals surface area (Å²) in [7, 11) is 1.78. The minimum atomic E-state index is -1.53. The summed E-state index contributed by atoms with van der Waals surface area (Å²) in [6, 6.07) is 12.4. The van der Waals surface area contributed by atoms with Crippen LogP contribution in [0.5, 0.6) is 0 Å². The van der Waals surface area contributed by atoms with Gasteiger partial charge in [-0.3, -0.25) is 4.79 Å². The number of aromatic nitrogens is 2. The van der Waals surface area contributed by atoms with Gasteiger partial charge in [-0.15, -0.1) is 0 Å². The summed E-state index contributed by atoms with van der Waals surface area (Å²) in [5.41, 5.74) is 1.67. The molecule has 1 amide bonds. The number of carbonyl (C=O) groups is 1. The first-order valence-electron chi connectivity index (χ1n) is 6.94. The van der Waals surface area contributed by atoms with Crippen molar-refractivity contribution in [3.05, 3.63) is 59.2 Å². The number of aliphatic hydroxyl groups is 1. The molecule has 0 saturated carbocycles. The molecule has 0 saturated heterocycles. The minimum Gasteiger partial charge on any atom is -0.363 e. The van der Waals surface area contributed by atoms with Gasteiger partial charge in [0.25, 0.3) is 5.91 Å². The Balaban J connectivity index is 1.89. The Labute approximate surface area is 126 Å². The van der Waals surface area contributed by atoms with Crippen LogP contribution in [0.25, 0.3) is 11.0 Å². The predicted octanol–water partition coefficient (Wildman–Crippen LogP) is 1.54. The Hall–Kier alpha value is -2.86. The van der Waals surface area contributed by atoms with E-state index in [1.807, 2.05) is 6.07 Å². The molecule has 0 bridgehead atoms. The lowest BCUT2D eigenvalue weighted by atomic mass is 9.94. The summed E-state index contributed by atoms with van der Waals surface area (Å²) in [6.07, 6.45) is 0. The second-order valence-electron chi connectivity index (χ2n) is 5.28. The molecule has 0 spiro atoms. The third kappa shape index (κ3) is 1.64. The Morgan fingerprint density at radius 1 is 1.23 bits per heavy atom. The molecule has 110 valence electrons. The standard InChI is InChI=1S/C16H14N4O2/c1-17-15-18-12-7-6-9(8-13(12)19-15)16(22)11-5-3-2-4-10(11)14(21)20-16/h2-8,22H,1H3,(H,20,21)(H2,17,18,19). The molecule has 2 heterocycles. The van der Waals surface area contributed by atoms with Crippen LogP contribution in [0.1, 0.15) is 21.5 Å². The summed E-state index contributed by atoms with van der Waals surface area (Å²) >= 11 is 0. The molecule has 0 radical (unpaired) electrons. The first-order valence-corrected chi connectivity index (χ1v) is 6.94. The average molecular weight is 294 g/mol. The van der Waals surface area contributed by atoms with Crippen LogP contribution < -0.4 is 10.6 Å². The summed E-state index contributed by atoms with van der Waals surface area (Å²) in [5.74, 6) is 0.367. The first kappa shape index (κ1) is 12.8. The van der Waals surface area contributed by atoms with Gasteiger partial charge in [-0.1, -0.05) is 24.3 Å². The molecule has 22 heavy (non-hydrogen) atoms. The highest BCUT2D eigenvalue weighted by molar-refractivity contribution is 6.00. The lowest BCUT2D eigenvalue weighted by molar-refractivity contribution is 0.0477. The fourth-order valence-corrected chi connectivity index (χ4v) is 2.87. The van der Waals surface area contributed by atoms with E-state index in [-0.39, 0.29) is 5.91 Å². The van der Waals surface area contributed by atoms with E-state index in [0.717, 1.165) is 5.52 Å². The van der Waals surface area contributed by atoms with Gasteiger partial charge in [0, 0.05) is 23.7 Å². The van der Waals surface area contributed by atoms with Crippen molar-refractivity contribution >= 4 is 22.9 Å². The Kier molecular flexibility index (Phi) is 2.52. The molecule has 0 fully saturated rings. The van der Waals surface area contributed by atoms with Crippen molar-refractivity contribution in [1.29, 1.82) is 0 Å². The highest BCUT2D eigenvalue weighted by atomic mass is 16.3. The van der Waals surface area contributed by atoms with Crippen LogP contribution in [0.2, 0.25) is 0 Å². The number of nitrogens with one attached hydrogen (secondary N) is 3. The number of rotatable bonds is 2. The van der Waals surface area contributed by atoms with E-state index in [1.54, 1.807) is 43.4 Å². The number of hydrogen-bond donors (Lipinski definition) is 4. The maximum absolute atomic E-state index is 12.1. The van der Waals surface area contributed by atoms with Crippen LogP contribution >= 0.6 is 0 Å². The second kappa shape index (κ2) is 4.32. The third-order valence-corrected chi connectivity index (χ3v) is 3.99. The van der Waals surface area contributed by atoms with Gasteiger partial charge in [0.1, 0.15) is 0 Å². The zero-order valence-corrected chi connectivity index (χ0v) is 11.8. The number of hydrogen-bond acceptors (Lipinski definition) is 4. The van der Waals surface area contributed by atoms with E-state index in [9.17, 15) is 9.90 Å². The van der Waals surface area contributed by atoms with E-state index in [4.69, 9.17) is 0 Å². The van der Waals surface area contributed by atoms with Gasteiger partial charge in [0.15, 0.2) is 5.72 Å². The fourth-order valence-electron chi connectivity index (χ4n) is 2.87. The van der Waals surface area contributed by atoms with Crippen molar-refractivity contribution in [2.75, 3.05) is 12.4 Å². The molecule has 6 nitrogen and oxygen atoms in total. The van der Waals surface area contributed by atoms with Crippen LogP contribution in [-0.2, 0) is 5.72 Å². The highest BCUT2D eigenvalue weighted by Crippen LogP contribution is 2.35. The van der Waals surface area contributed by atoms with E-state index < -0.39 is 5.72 Å². The van der Waals surface area contributed by atoms with E-state index >= 15 is 0 Å². The number of H-pyrrole nitrogens is 1. The van der Waals surface area contributed by atoms with Gasteiger partial charge in [0.2, 0.25) is 5.95 Å². The van der Waals surface area contributed by atoms with Gasteiger partial charge in [0.05, 0.1) is 11.0 Å². The normalized spacial score (nSPS) is 20.0. The van der Waals surface area contributed by atoms with E-state index in [1.165, 1.54) is 0 Å². The van der Waals surface area contributed by atoms with Crippen molar-refractivity contribution in [3.63, 3.8) is 0 Å². The SMILES string of the molecule is CNc1nc2cc(C3(O)NC(=O)c4ccccc43)ccc2[nH]1. The van der Waals surface area contributed by atoms with Crippen LogP contribution in [0, 0.1) is 0 Å². The van der Waals surface area contributed by atoms with Gasteiger partial charge in [-0.05, 0) is 18.2 Å². The second-order valence-corrected chi connectivity index (χ2v) is 5.28. The lowest BCUT2D eigenvalue weighted by Crippen LogP contribution is -2.40. The van der Waals surface area contributed by atoms with Crippen LogP contribution in [0.15, 0.2) is 42.5 Å². The zero-order valence-electron chi connectivity index (χ0n) is 11.8.